The molecule has 2 N–H and O–H groups in total. The fourth-order valence-electron chi connectivity index (χ4n) is 5.00. The van der Waals surface area contributed by atoms with Crippen LogP contribution in [0, 0.1) is 17.3 Å². The van der Waals surface area contributed by atoms with Crippen molar-refractivity contribution in [3.8, 4) is 11.1 Å². The Morgan fingerprint density at radius 3 is 2.21 bits per heavy atom. The quantitative estimate of drug-likeness (QED) is 0.699. The van der Waals surface area contributed by atoms with Crippen LogP contribution in [0.2, 0.25) is 0 Å². The van der Waals surface area contributed by atoms with Crippen LogP contribution in [0.4, 0.5) is 4.79 Å². The van der Waals surface area contributed by atoms with Crippen LogP contribution < -0.4 is 5.32 Å². The number of likely N-dealkylation sites (tertiary alicyclic amines) is 1. The highest BCUT2D eigenvalue weighted by molar-refractivity contribution is 5.82. The third-order valence-electron chi connectivity index (χ3n) is 6.87. The van der Waals surface area contributed by atoms with E-state index in [0.29, 0.717) is 6.54 Å². The van der Waals surface area contributed by atoms with E-state index >= 15 is 0 Å². The zero-order valence-corrected chi connectivity index (χ0v) is 19.2. The first-order chi connectivity index (χ1) is 15.7. The van der Waals surface area contributed by atoms with Gasteiger partial charge in [0.1, 0.15) is 6.61 Å². The van der Waals surface area contributed by atoms with Crippen LogP contribution in [0.5, 0.6) is 0 Å². The molecule has 33 heavy (non-hydrogen) atoms. The van der Waals surface area contributed by atoms with Crippen molar-refractivity contribution in [1.82, 2.24) is 10.2 Å². The maximum absolute atomic E-state index is 12.8. The number of hydrogen-bond acceptors (Lipinski definition) is 4. The summed E-state index contributed by atoms with van der Waals surface area (Å²) < 4.78 is 5.52. The second-order valence-corrected chi connectivity index (χ2v) is 9.71. The number of carboxylic acids is 1. The number of alkyl carbamates (subject to hydrolysis) is 1. The number of hydrogen-bond donors (Lipinski definition) is 2. The Hall–Kier alpha value is -3.35. The molecule has 0 bridgehead atoms. The highest BCUT2D eigenvalue weighted by Crippen LogP contribution is 2.44. The molecule has 174 valence electrons. The van der Waals surface area contributed by atoms with Crippen LogP contribution in [-0.2, 0) is 14.3 Å². The van der Waals surface area contributed by atoms with Gasteiger partial charge in [0.15, 0.2) is 0 Å². The van der Waals surface area contributed by atoms with Crippen LogP contribution in [0.15, 0.2) is 48.5 Å². The SMILES string of the molecule is CC(CNC(=O)OCC1c2ccccc2-c2ccccc21)C(=O)N1CC(C(=O)O)C(C)(C)C1. The Morgan fingerprint density at radius 1 is 1.09 bits per heavy atom. The Labute approximate surface area is 193 Å². The van der Waals surface area contributed by atoms with E-state index in [1.165, 1.54) is 0 Å². The second kappa shape index (κ2) is 8.89. The predicted octanol–water partition coefficient (Wildman–Crippen LogP) is 3.73. The van der Waals surface area contributed by atoms with Gasteiger partial charge in [0.05, 0.1) is 11.8 Å². The summed E-state index contributed by atoms with van der Waals surface area (Å²) in [5.74, 6) is -2.15. The van der Waals surface area contributed by atoms with E-state index in [-0.39, 0.29) is 31.5 Å². The number of benzene rings is 2. The molecule has 1 aliphatic heterocycles. The van der Waals surface area contributed by atoms with Gasteiger partial charge in [-0.1, -0.05) is 69.3 Å². The number of carboxylic acid groups (broad SMARTS) is 1. The Bertz CT molecular complexity index is 1030. The number of carbonyl (C=O) groups is 3. The van der Waals surface area contributed by atoms with Gasteiger partial charge < -0.3 is 20.1 Å². The van der Waals surface area contributed by atoms with Crippen molar-refractivity contribution in [3.63, 3.8) is 0 Å². The molecule has 1 saturated heterocycles. The van der Waals surface area contributed by atoms with Crippen LogP contribution in [0.3, 0.4) is 0 Å². The fourth-order valence-corrected chi connectivity index (χ4v) is 5.00. The van der Waals surface area contributed by atoms with E-state index in [4.69, 9.17) is 4.74 Å². The maximum atomic E-state index is 12.8. The lowest BCUT2D eigenvalue weighted by Gasteiger charge is -2.23. The molecule has 4 rings (SSSR count). The van der Waals surface area contributed by atoms with Crippen molar-refractivity contribution in [3.05, 3.63) is 59.7 Å². The van der Waals surface area contributed by atoms with Gasteiger partial charge in [0.25, 0.3) is 0 Å². The lowest BCUT2D eigenvalue weighted by Crippen LogP contribution is -2.40. The van der Waals surface area contributed by atoms with E-state index in [1.54, 1.807) is 11.8 Å². The number of ether oxygens (including phenoxy) is 1. The van der Waals surface area contributed by atoms with E-state index in [0.717, 1.165) is 22.3 Å². The molecule has 2 aromatic rings. The molecular weight excluding hydrogens is 420 g/mol. The van der Waals surface area contributed by atoms with Crippen LogP contribution >= 0.6 is 0 Å². The fraction of sp³-hybridized carbons (Fsp3) is 0.423. The summed E-state index contributed by atoms with van der Waals surface area (Å²) in [5, 5.41) is 12.1. The maximum Gasteiger partial charge on any atom is 0.407 e. The van der Waals surface area contributed by atoms with E-state index < -0.39 is 29.3 Å². The first kappa shape index (κ1) is 22.8. The zero-order valence-electron chi connectivity index (χ0n) is 19.2. The monoisotopic (exact) mass is 450 g/mol. The van der Waals surface area contributed by atoms with E-state index in [9.17, 15) is 19.5 Å². The molecule has 7 heteroatoms. The summed E-state index contributed by atoms with van der Waals surface area (Å²) in [4.78, 5) is 38.3. The normalized spacial score (nSPS) is 19.5. The summed E-state index contributed by atoms with van der Waals surface area (Å²) in [7, 11) is 0. The van der Waals surface area contributed by atoms with Crippen LogP contribution in [0.25, 0.3) is 11.1 Å². The average molecular weight is 451 g/mol. The van der Waals surface area contributed by atoms with Crippen molar-refractivity contribution < 1.29 is 24.2 Å². The standard InChI is InChI=1S/C26H30N2O5/c1-16(23(29)28-13-22(24(30)31)26(2,3)15-28)12-27-25(32)33-14-21-19-10-6-4-8-17(19)18-9-5-7-11-20(18)21/h4-11,16,21-22H,12-15H2,1-3H3,(H,27,32)(H,30,31). The lowest BCUT2D eigenvalue weighted by atomic mass is 9.82. The number of carbonyl (C=O) groups excluding carboxylic acids is 2. The molecule has 0 aromatic heterocycles. The molecule has 0 saturated carbocycles. The van der Waals surface area contributed by atoms with Gasteiger partial charge in [-0.2, -0.15) is 0 Å². The summed E-state index contributed by atoms with van der Waals surface area (Å²) in [6.07, 6.45) is -0.568. The molecule has 2 unspecified atom stereocenters. The molecule has 1 heterocycles. The molecule has 7 nitrogen and oxygen atoms in total. The highest BCUT2D eigenvalue weighted by Gasteiger charge is 2.45. The number of rotatable bonds is 6. The Kier molecular flexibility index (Phi) is 6.15. The van der Waals surface area contributed by atoms with Crippen LogP contribution in [0.1, 0.15) is 37.8 Å². The highest BCUT2D eigenvalue weighted by atomic mass is 16.5. The molecule has 2 aromatic carbocycles. The molecule has 2 aliphatic rings. The van der Waals surface area contributed by atoms with Gasteiger partial charge in [-0.05, 0) is 27.7 Å². The van der Waals surface area contributed by atoms with Crippen molar-refractivity contribution in [1.29, 1.82) is 0 Å². The van der Waals surface area contributed by atoms with Gasteiger partial charge in [-0.3, -0.25) is 9.59 Å². The third-order valence-corrected chi connectivity index (χ3v) is 6.87. The summed E-state index contributed by atoms with van der Waals surface area (Å²) >= 11 is 0. The average Bonchev–Trinajstić information content (AvgIpc) is 3.29. The minimum absolute atomic E-state index is 0.0259. The number of aliphatic carboxylic acids is 1. The zero-order chi connectivity index (χ0) is 23.8. The van der Waals surface area contributed by atoms with Crippen molar-refractivity contribution >= 4 is 18.0 Å². The molecule has 1 aliphatic carbocycles. The first-order valence-electron chi connectivity index (χ1n) is 11.3. The van der Waals surface area contributed by atoms with Gasteiger partial charge in [-0.15, -0.1) is 0 Å². The van der Waals surface area contributed by atoms with E-state index in [1.807, 2.05) is 38.1 Å². The number of fused-ring (bicyclic) bond motifs is 3. The van der Waals surface area contributed by atoms with Gasteiger partial charge in [0, 0.05) is 25.6 Å². The molecule has 1 fully saturated rings. The minimum Gasteiger partial charge on any atom is -0.481 e. The smallest absolute Gasteiger partial charge is 0.407 e. The molecule has 0 spiro atoms. The molecule has 2 atom stereocenters. The first-order valence-corrected chi connectivity index (χ1v) is 11.3. The molecular formula is C26H30N2O5. The van der Waals surface area contributed by atoms with Crippen LogP contribution in [-0.4, -0.2) is 54.2 Å². The number of nitrogens with one attached hydrogen (secondary N) is 1. The Balaban J connectivity index is 1.31. The van der Waals surface area contributed by atoms with Gasteiger partial charge in [0.2, 0.25) is 5.91 Å². The van der Waals surface area contributed by atoms with Crippen molar-refractivity contribution in [2.24, 2.45) is 17.3 Å². The number of nitrogens with zero attached hydrogens (tertiary/aromatic N) is 1. The predicted molar refractivity (Wildman–Crippen MR) is 124 cm³/mol. The van der Waals surface area contributed by atoms with Crippen molar-refractivity contribution in [2.45, 2.75) is 26.7 Å². The second-order valence-electron chi connectivity index (χ2n) is 9.71. The lowest BCUT2D eigenvalue weighted by molar-refractivity contribution is -0.144. The molecule has 2 amide bonds. The summed E-state index contributed by atoms with van der Waals surface area (Å²) in [6.45, 7) is 6.37. The third kappa shape index (κ3) is 4.45. The summed E-state index contributed by atoms with van der Waals surface area (Å²) in [5.41, 5.74) is 4.12. The van der Waals surface area contributed by atoms with Gasteiger partial charge >= 0.3 is 12.1 Å². The minimum atomic E-state index is -0.889. The Morgan fingerprint density at radius 2 is 1.67 bits per heavy atom. The van der Waals surface area contributed by atoms with Gasteiger partial charge in [-0.25, -0.2) is 4.79 Å². The summed E-state index contributed by atoms with van der Waals surface area (Å²) in [6, 6.07) is 16.3. The van der Waals surface area contributed by atoms with Crippen molar-refractivity contribution in [2.75, 3.05) is 26.2 Å². The van der Waals surface area contributed by atoms with E-state index in [2.05, 4.69) is 29.6 Å². The topological polar surface area (TPSA) is 95.9 Å². The largest absolute Gasteiger partial charge is 0.481 e. The number of amides is 2. The molecule has 0 radical (unpaired) electrons.